The van der Waals surface area contributed by atoms with Crippen LogP contribution in [-0.4, -0.2) is 12.1 Å². The first kappa shape index (κ1) is 13.7. The van der Waals surface area contributed by atoms with Crippen LogP contribution in [0.2, 0.25) is 10.0 Å². The minimum Gasteiger partial charge on any atom is -0.481 e. The highest BCUT2D eigenvalue weighted by Gasteiger charge is 2.10. The molecule has 0 amide bonds. The van der Waals surface area contributed by atoms with Crippen molar-refractivity contribution in [1.82, 2.24) is 4.98 Å². The zero-order valence-electron chi connectivity index (χ0n) is 10.2. The van der Waals surface area contributed by atoms with E-state index < -0.39 is 0 Å². The summed E-state index contributed by atoms with van der Waals surface area (Å²) in [5, 5.41) is 9.84. The van der Waals surface area contributed by atoms with Crippen molar-refractivity contribution in [2.45, 2.75) is 6.42 Å². The molecule has 0 saturated heterocycles. The van der Waals surface area contributed by atoms with E-state index in [-0.39, 0.29) is 6.42 Å². The summed E-state index contributed by atoms with van der Waals surface area (Å²) in [5.74, 6) is 0.481. The summed E-state index contributed by atoms with van der Waals surface area (Å²) in [4.78, 5) is 4.29. The maximum Gasteiger partial charge on any atom is 0.213 e. The van der Waals surface area contributed by atoms with Gasteiger partial charge in [-0.3, -0.25) is 0 Å². The molecule has 1 aromatic carbocycles. The van der Waals surface area contributed by atoms with Gasteiger partial charge in [-0.2, -0.15) is 5.26 Å². The number of benzene rings is 1. The molecule has 0 spiro atoms. The second-order valence-corrected chi connectivity index (χ2v) is 4.63. The van der Waals surface area contributed by atoms with Gasteiger partial charge >= 0.3 is 0 Å². The Hall–Kier alpha value is -1.76. The highest BCUT2D eigenvalue weighted by Crippen LogP contribution is 2.31. The molecule has 1 aromatic heterocycles. The maximum atomic E-state index is 8.88. The van der Waals surface area contributed by atoms with E-state index in [0.29, 0.717) is 21.6 Å². The molecule has 0 radical (unpaired) electrons. The molecule has 2 rings (SSSR count). The Bertz CT molecular complexity index is 650. The van der Waals surface area contributed by atoms with Crippen LogP contribution in [0.15, 0.2) is 30.3 Å². The van der Waals surface area contributed by atoms with Crippen LogP contribution in [0.4, 0.5) is 0 Å². The summed E-state index contributed by atoms with van der Waals surface area (Å²) < 4.78 is 5.07. The molecule has 0 aliphatic carbocycles. The van der Waals surface area contributed by atoms with Crippen molar-refractivity contribution in [2.75, 3.05) is 7.11 Å². The predicted octanol–water partition coefficient (Wildman–Crippen LogP) is 4.13. The minimum atomic E-state index is 0.201. The van der Waals surface area contributed by atoms with Crippen molar-refractivity contribution >= 4 is 23.2 Å². The fourth-order valence-corrected chi connectivity index (χ4v) is 2.03. The van der Waals surface area contributed by atoms with E-state index >= 15 is 0 Å². The van der Waals surface area contributed by atoms with Crippen LogP contribution in [0.25, 0.3) is 11.1 Å². The molecule has 1 heterocycles. The SMILES string of the molecule is COc1ccc(-c2ccc(Cl)c(Cl)c2)c(CC#N)n1. The van der Waals surface area contributed by atoms with Gasteiger partial charge < -0.3 is 4.74 Å². The van der Waals surface area contributed by atoms with Crippen LogP contribution in [0.3, 0.4) is 0 Å². The summed E-state index contributed by atoms with van der Waals surface area (Å²) in [6, 6.07) is 11.0. The Kier molecular flexibility index (Phi) is 4.26. The van der Waals surface area contributed by atoms with Gasteiger partial charge in [-0.15, -0.1) is 0 Å². The number of halogens is 2. The topological polar surface area (TPSA) is 45.9 Å². The normalized spacial score (nSPS) is 10.0. The summed E-state index contributed by atoms with van der Waals surface area (Å²) in [6.45, 7) is 0. The molecule has 0 fully saturated rings. The van der Waals surface area contributed by atoms with Crippen molar-refractivity contribution in [3.63, 3.8) is 0 Å². The van der Waals surface area contributed by atoms with Gasteiger partial charge in [-0.25, -0.2) is 4.98 Å². The average molecular weight is 293 g/mol. The highest BCUT2D eigenvalue weighted by molar-refractivity contribution is 6.42. The van der Waals surface area contributed by atoms with E-state index in [2.05, 4.69) is 11.1 Å². The van der Waals surface area contributed by atoms with Crippen LogP contribution < -0.4 is 4.74 Å². The third kappa shape index (κ3) is 2.98. The number of rotatable bonds is 3. The molecule has 0 aliphatic heterocycles. The predicted molar refractivity (Wildman–Crippen MR) is 75.6 cm³/mol. The van der Waals surface area contributed by atoms with E-state index in [9.17, 15) is 0 Å². The lowest BCUT2D eigenvalue weighted by Gasteiger charge is -2.09. The number of hydrogen-bond acceptors (Lipinski definition) is 3. The second-order valence-electron chi connectivity index (χ2n) is 3.81. The number of methoxy groups -OCH3 is 1. The van der Waals surface area contributed by atoms with Crippen LogP contribution in [0.1, 0.15) is 5.69 Å². The lowest BCUT2D eigenvalue weighted by molar-refractivity contribution is 0.397. The first-order valence-electron chi connectivity index (χ1n) is 5.52. The van der Waals surface area contributed by atoms with E-state index in [0.717, 1.165) is 11.1 Å². The monoisotopic (exact) mass is 292 g/mol. The van der Waals surface area contributed by atoms with Crippen LogP contribution in [-0.2, 0) is 6.42 Å². The number of hydrogen-bond donors (Lipinski definition) is 0. The average Bonchev–Trinajstić information content (AvgIpc) is 2.42. The molecule has 0 saturated carbocycles. The van der Waals surface area contributed by atoms with Crippen molar-refractivity contribution in [1.29, 1.82) is 5.26 Å². The van der Waals surface area contributed by atoms with E-state index in [4.69, 9.17) is 33.2 Å². The molecular weight excluding hydrogens is 283 g/mol. The molecular formula is C14H10Cl2N2O. The molecule has 0 unspecified atom stereocenters. The molecule has 0 bridgehead atoms. The number of nitrogens with zero attached hydrogens (tertiary/aromatic N) is 2. The second kappa shape index (κ2) is 5.92. The third-order valence-corrected chi connectivity index (χ3v) is 3.37. The Morgan fingerprint density at radius 3 is 2.63 bits per heavy atom. The first-order valence-corrected chi connectivity index (χ1v) is 6.27. The molecule has 3 nitrogen and oxygen atoms in total. The largest absolute Gasteiger partial charge is 0.481 e. The standard InChI is InChI=1S/C14H10Cl2N2O/c1-19-14-5-3-10(13(18-14)6-7-17)9-2-4-11(15)12(16)8-9/h2-5,8H,6H2,1H3. The maximum absolute atomic E-state index is 8.88. The lowest BCUT2D eigenvalue weighted by Crippen LogP contribution is -1.96. The van der Waals surface area contributed by atoms with Gasteiger partial charge in [-0.05, 0) is 23.8 Å². The van der Waals surface area contributed by atoms with Gasteiger partial charge in [0.15, 0.2) is 0 Å². The molecule has 5 heteroatoms. The molecule has 0 N–H and O–H groups in total. The molecule has 96 valence electrons. The first-order chi connectivity index (χ1) is 9.15. The number of ether oxygens (including phenoxy) is 1. The summed E-state index contributed by atoms with van der Waals surface area (Å²) in [5.41, 5.74) is 2.37. The summed E-state index contributed by atoms with van der Waals surface area (Å²) >= 11 is 11.9. The fraction of sp³-hybridized carbons (Fsp3) is 0.143. The zero-order valence-corrected chi connectivity index (χ0v) is 11.7. The highest BCUT2D eigenvalue weighted by atomic mass is 35.5. The van der Waals surface area contributed by atoms with Crippen LogP contribution >= 0.6 is 23.2 Å². The lowest BCUT2D eigenvalue weighted by atomic mass is 10.0. The van der Waals surface area contributed by atoms with Crippen molar-refractivity contribution < 1.29 is 4.74 Å². The van der Waals surface area contributed by atoms with Crippen molar-refractivity contribution in [3.8, 4) is 23.1 Å². The van der Waals surface area contributed by atoms with Crippen LogP contribution in [0.5, 0.6) is 5.88 Å². The van der Waals surface area contributed by atoms with E-state index in [1.807, 2.05) is 12.1 Å². The quantitative estimate of drug-likeness (QED) is 0.854. The third-order valence-electron chi connectivity index (χ3n) is 2.63. The van der Waals surface area contributed by atoms with Crippen molar-refractivity contribution in [2.24, 2.45) is 0 Å². The number of aromatic nitrogens is 1. The van der Waals surface area contributed by atoms with Gasteiger partial charge in [0.1, 0.15) is 0 Å². The fourth-order valence-electron chi connectivity index (χ4n) is 1.73. The van der Waals surface area contributed by atoms with Gasteiger partial charge in [0, 0.05) is 11.6 Å². The molecule has 19 heavy (non-hydrogen) atoms. The van der Waals surface area contributed by atoms with Gasteiger partial charge in [0.25, 0.3) is 0 Å². The summed E-state index contributed by atoms with van der Waals surface area (Å²) in [7, 11) is 1.54. The molecule has 0 aliphatic rings. The van der Waals surface area contributed by atoms with Gasteiger partial charge in [0.05, 0.1) is 35.3 Å². The Balaban J connectivity index is 2.54. The summed E-state index contributed by atoms with van der Waals surface area (Å²) in [6.07, 6.45) is 0.201. The molecule has 2 aromatic rings. The number of pyridine rings is 1. The van der Waals surface area contributed by atoms with E-state index in [1.54, 1.807) is 18.2 Å². The van der Waals surface area contributed by atoms with Crippen LogP contribution in [0, 0.1) is 11.3 Å². The van der Waals surface area contributed by atoms with E-state index in [1.165, 1.54) is 7.11 Å². The minimum absolute atomic E-state index is 0.201. The zero-order chi connectivity index (χ0) is 13.8. The molecule has 0 atom stereocenters. The van der Waals surface area contributed by atoms with Crippen molar-refractivity contribution in [3.05, 3.63) is 46.1 Å². The Morgan fingerprint density at radius 2 is 2.00 bits per heavy atom. The number of nitriles is 1. The Labute approximate surface area is 121 Å². The smallest absolute Gasteiger partial charge is 0.213 e. The van der Waals surface area contributed by atoms with Gasteiger partial charge in [-0.1, -0.05) is 29.3 Å². The Morgan fingerprint density at radius 1 is 1.21 bits per heavy atom. The van der Waals surface area contributed by atoms with Gasteiger partial charge in [0.2, 0.25) is 5.88 Å².